The van der Waals surface area contributed by atoms with E-state index in [1.807, 2.05) is 0 Å². The van der Waals surface area contributed by atoms with Gasteiger partial charge >= 0.3 is 0 Å². The van der Waals surface area contributed by atoms with Gasteiger partial charge in [0, 0.05) is 5.22 Å². The summed E-state index contributed by atoms with van der Waals surface area (Å²) in [5.74, 6) is -1.43. The van der Waals surface area contributed by atoms with Crippen LogP contribution in [0.25, 0.3) is 6.08 Å². The molecule has 14 heavy (non-hydrogen) atoms. The molecule has 0 bridgehead atoms. The van der Waals surface area contributed by atoms with E-state index in [-0.39, 0.29) is 0 Å². The Morgan fingerprint density at radius 2 is 1.93 bits per heavy atom. The van der Waals surface area contributed by atoms with Gasteiger partial charge in [-0.2, -0.15) is 0 Å². The molecule has 4 heteroatoms. The van der Waals surface area contributed by atoms with Crippen molar-refractivity contribution in [1.82, 2.24) is 0 Å². The molecule has 0 aromatic heterocycles. The highest BCUT2D eigenvalue weighted by molar-refractivity contribution is 6.19. The lowest BCUT2D eigenvalue weighted by Gasteiger charge is -1.97. The minimum absolute atomic E-state index is 0.419. The SMILES string of the molecule is O=C1C=c2ccccc2=NC(=O)C1O. The van der Waals surface area contributed by atoms with Gasteiger partial charge in [-0.05, 0) is 12.1 Å². The van der Waals surface area contributed by atoms with Crippen LogP contribution in [0, 0.1) is 0 Å². The minimum atomic E-state index is -1.65. The second-order valence-electron chi connectivity index (χ2n) is 2.96. The van der Waals surface area contributed by atoms with E-state index < -0.39 is 17.8 Å². The number of ketones is 1. The third-order valence-electron chi connectivity index (χ3n) is 1.97. The van der Waals surface area contributed by atoms with Crippen LogP contribution in [-0.2, 0) is 9.59 Å². The van der Waals surface area contributed by atoms with E-state index in [1.54, 1.807) is 24.3 Å². The first kappa shape index (κ1) is 8.77. The molecule has 1 heterocycles. The molecule has 1 aromatic carbocycles. The number of para-hydroxylation sites is 1. The van der Waals surface area contributed by atoms with E-state index in [9.17, 15) is 14.7 Å². The lowest BCUT2D eigenvalue weighted by atomic mass is 10.2. The van der Waals surface area contributed by atoms with Gasteiger partial charge in [-0.25, -0.2) is 4.99 Å². The average molecular weight is 189 g/mol. The smallest absolute Gasteiger partial charge is 0.283 e. The molecule has 2 rings (SSSR count). The molecule has 1 amide bonds. The first-order valence-electron chi connectivity index (χ1n) is 4.10. The molecular formula is C10H7NO3. The van der Waals surface area contributed by atoms with Crippen molar-refractivity contribution >= 4 is 17.8 Å². The summed E-state index contributed by atoms with van der Waals surface area (Å²) >= 11 is 0. The Bertz CT molecular complexity index is 471. The monoisotopic (exact) mass is 189 g/mol. The van der Waals surface area contributed by atoms with E-state index in [2.05, 4.69) is 4.99 Å². The summed E-state index contributed by atoms with van der Waals surface area (Å²) in [6.45, 7) is 0. The number of aliphatic hydroxyl groups excluding tert-OH is 1. The fourth-order valence-corrected chi connectivity index (χ4v) is 1.25. The second kappa shape index (κ2) is 3.16. The van der Waals surface area contributed by atoms with Gasteiger partial charge < -0.3 is 5.11 Å². The van der Waals surface area contributed by atoms with Crippen molar-refractivity contribution in [3.8, 4) is 0 Å². The number of amides is 1. The molecule has 0 fully saturated rings. The average Bonchev–Trinajstić information content (AvgIpc) is 2.28. The number of Topliss-reactive ketones (excluding diaryl/α,β-unsaturated/α-hetero) is 1. The summed E-state index contributed by atoms with van der Waals surface area (Å²) in [6, 6.07) is 6.74. The van der Waals surface area contributed by atoms with Crippen LogP contribution in [0.1, 0.15) is 0 Å². The minimum Gasteiger partial charge on any atom is -0.376 e. The number of benzene rings is 1. The quantitative estimate of drug-likeness (QED) is 0.508. The van der Waals surface area contributed by atoms with Crippen LogP contribution < -0.4 is 10.6 Å². The van der Waals surface area contributed by atoms with Gasteiger partial charge in [0.1, 0.15) is 0 Å². The molecule has 0 spiro atoms. The van der Waals surface area contributed by atoms with Crippen LogP contribution in [-0.4, -0.2) is 22.9 Å². The summed E-state index contributed by atoms with van der Waals surface area (Å²) < 4.78 is 0. The largest absolute Gasteiger partial charge is 0.376 e. The molecule has 0 saturated heterocycles. The zero-order valence-corrected chi connectivity index (χ0v) is 7.18. The van der Waals surface area contributed by atoms with Crippen LogP contribution >= 0.6 is 0 Å². The van der Waals surface area contributed by atoms with Crippen molar-refractivity contribution in [1.29, 1.82) is 0 Å². The first-order chi connectivity index (χ1) is 6.68. The maximum Gasteiger partial charge on any atom is 0.283 e. The third kappa shape index (κ3) is 1.36. The predicted molar refractivity (Wildman–Crippen MR) is 47.7 cm³/mol. The van der Waals surface area contributed by atoms with Crippen molar-refractivity contribution in [2.75, 3.05) is 0 Å². The normalized spacial score (nSPS) is 20.5. The van der Waals surface area contributed by atoms with E-state index in [0.29, 0.717) is 10.6 Å². The van der Waals surface area contributed by atoms with Crippen LogP contribution in [0.15, 0.2) is 29.3 Å². The second-order valence-corrected chi connectivity index (χ2v) is 2.96. The Balaban J connectivity index is 2.80. The number of hydrogen-bond donors (Lipinski definition) is 1. The van der Waals surface area contributed by atoms with Gasteiger partial charge in [0.2, 0.25) is 0 Å². The molecule has 1 aromatic rings. The third-order valence-corrected chi connectivity index (χ3v) is 1.97. The Hall–Kier alpha value is -1.81. The number of fused-ring (bicyclic) bond motifs is 1. The Labute approximate surface area is 79.2 Å². The molecule has 1 N–H and O–H groups in total. The van der Waals surface area contributed by atoms with E-state index in [0.717, 1.165) is 0 Å². The van der Waals surface area contributed by atoms with Gasteiger partial charge in [0.15, 0.2) is 11.9 Å². The topological polar surface area (TPSA) is 66.7 Å². The zero-order valence-electron chi connectivity index (χ0n) is 7.18. The summed E-state index contributed by atoms with van der Waals surface area (Å²) in [7, 11) is 0. The Kier molecular flexibility index (Phi) is 1.98. The van der Waals surface area contributed by atoms with E-state index in [4.69, 9.17) is 0 Å². The lowest BCUT2D eigenvalue weighted by molar-refractivity contribution is -0.134. The highest BCUT2D eigenvalue weighted by atomic mass is 16.3. The first-order valence-corrected chi connectivity index (χ1v) is 4.10. The molecule has 4 nitrogen and oxygen atoms in total. The van der Waals surface area contributed by atoms with Gasteiger partial charge in [-0.1, -0.05) is 18.2 Å². The molecule has 0 radical (unpaired) electrons. The van der Waals surface area contributed by atoms with Gasteiger partial charge in [0.25, 0.3) is 5.91 Å². The number of aliphatic hydroxyl groups is 1. The maximum atomic E-state index is 11.2. The van der Waals surface area contributed by atoms with E-state index in [1.165, 1.54) is 6.08 Å². The highest BCUT2D eigenvalue weighted by Gasteiger charge is 2.22. The molecule has 0 saturated carbocycles. The van der Waals surface area contributed by atoms with Crippen molar-refractivity contribution in [2.24, 2.45) is 4.99 Å². The van der Waals surface area contributed by atoms with Gasteiger partial charge in [0.05, 0.1) is 5.36 Å². The highest BCUT2D eigenvalue weighted by Crippen LogP contribution is 1.93. The maximum absolute atomic E-state index is 11.2. The van der Waals surface area contributed by atoms with Crippen LogP contribution in [0.3, 0.4) is 0 Å². The summed E-state index contributed by atoms with van der Waals surface area (Å²) in [4.78, 5) is 26.0. The predicted octanol–water partition coefficient (Wildman–Crippen LogP) is -1.44. The fraction of sp³-hybridized carbons (Fsp3) is 0.100. The van der Waals surface area contributed by atoms with E-state index >= 15 is 0 Å². The van der Waals surface area contributed by atoms with Crippen molar-refractivity contribution in [3.63, 3.8) is 0 Å². The summed E-state index contributed by atoms with van der Waals surface area (Å²) in [5.41, 5.74) is 0. The number of rotatable bonds is 0. The number of nitrogens with zero attached hydrogens (tertiary/aromatic N) is 1. The molecule has 1 aliphatic rings. The Morgan fingerprint density at radius 3 is 2.71 bits per heavy atom. The lowest BCUT2D eigenvalue weighted by Crippen LogP contribution is -2.26. The van der Waals surface area contributed by atoms with Crippen LogP contribution in [0.4, 0.5) is 0 Å². The zero-order chi connectivity index (χ0) is 10.1. The molecule has 70 valence electrons. The van der Waals surface area contributed by atoms with Crippen molar-refractivity contribution in [2.45, 2.75) is 6.10 Å². The molecule has 1 unspecified atom stereocenters. The van der Waals surface area contributed by atoms with Crippen LogP contribution in [0.5, 0.6) is 0 Å². The van der Waals surface area contributed by atoms with Crippen LogP contribution in [0.2, 0.25) is 0 Å². The number of carbonyl (C=O) groups excluding carboxylic acids is 2. The number of carbonyl (C=O) groups is 2. The Morgan fingerprint density at radius 1 is 1.21 bits per heavy atom. The molecule has 1 aliphatic heterocycles. The van der Waals surface area contributed by atoms with Gasteiger partial charge in [-0.15, -0.1) is 0 Å². The van der Waals surface area contributed by atoms with Crippen molar-refractivity contribution in [3.05, 3.63) is 34.8 Å². The standard InChI is InChI=1S/C10H7NO3/c12-8-5-6-3-1-2-4-7(6)11-10(14)9(8)13/h1-5,9,13H. The number of hydrogen-bond acceptors (Lipinski definition) is 3. The fourth-order valence-electron chi connectivity index (χ4n) is 1.25. The molecule has 1 atom stereocenters. The van der Waals surface area contributed by atoms with Gasteiger partial charge in [-0.3, -0.25) is 9.59 Å². The summed E-state index contributed by atoms with van der Waals surface area (Å²) in [5, 5.41) is 10.2. The molecular weight excluding hydrogens is 182 g/mol. The summed E-state index contributed by atoms with van der Waals surface area (Å²) in [6.07, 6.45) is -0.420. The molecule has 0 aliphatic carbocycles. The van der Waals surface area contributed by atoms with Crippen molar-refractivity contribution < 1.29 is 14.7 Å².